The highest BCUT2D eigenvalue weighted by Crippen LogP contribution is 2.22. The standard InChI is InChI=1S/C19H17NO2/c1-13-7-5-8-14(2)15(13)11-6-12-20-18(21)16-9-3-4-10-17(16)19(20)22/h3-11H,12H2,1-2H3. The summed E-state index contributed by atoms with van der Waals surface area (Å²) < 4.78 is 0. The molecule has 0 saturated heterocycles. The molecule has 1 aliphatic rings. The van der Waals surface area contributed by atoms with Crippen LogP contribution in [0, 0.1) is 13.8 Å². The Morgan fingerprint density at radius 2 is 1.41 bits per heavy atom. The fourth-order valence-electron chi connectivity index (χ4n) is 2.77. The SMILES string of the molecule is Cc1cccc(C)c1C=CCN1C(=O)c2ccccc2C1=O. The first-order valence-corrected chi connectivity index (χ1v) is 7.27. The second-order valence-corrected chi connectivity index (χ2v) is 5.47. The predicted molar refractivity (Wildman–Crippen MR) is 86.8 cm³/mol. The zero-order valence-electron chi connectivity index (χ0n) is 12.7. The van der Waals surface area contributed by atoms with Crippen LogP contribution < -0.4 is 0 Å². The second-order valence-electron chi connectivity index (χ2n) is 5.47. The van der Waals surface area contributed by atoms with Gasteiger partial charge in [-0.1, -0.05) is 42.5 Å². The van der Waals surface area contributed by atoms with Gasteiger partial charge in [-0.05, 0) is 42.7 Å². The number of aryl methyl sites for hydroxylation is 2. The summed E-state index contributed by atoms with van der Waals surface area (Å²) in [4.78, 5) is 25.8. The summed E-state index contributed by atoms with van der Waals surface area (Å²) in [7, 11) is 0. The molecule has 0 radical (unpaired) electrons. The summed E-state index contributed by atoms with van der Waals surface area (Å²) in [6.07, 6.45) is 3.85. The highest BCUT2D eigenvalue weighted by Gasteiger charge is 2.34. The molecule has 1 aliphatic heterocycles. The zero-order valence-corrected chi connectivity index (χ0v) is 12.7. The number of amides is 2. The Kier molecular flexibility index (Phi) is 3.63. The van der Waals surface area contributed by atoms with Gasteiger partial charge >= 0.3 is 0 Å². The molecule has 110 valence electrons. The van der Waals surface area contributed by atoms with Crippen LogP contribution in [0.2, 0.25) is 0 Å². The first-order chi connectivity index (χ1) is 10.6. The van der Waals surface area contributed by atoms with Crippen molar-refractivity contribution >= 4 is 17.9 Å². The molecule has 0 aliphatic carbocycles. The molecule has 0 aromatic heterocycles. The molecule has 0 unspecified atom stereocenters. The third-order valence-corrected chi connectivity index (χ3v) is 3.99. The van der Waals surface area contributed by atoms with Crippen molar-refractivity contribution in [3.8, 4) is 0 Å². The van der Waals surface area contributed by atoms with Crippen LogP contribution in [0.25, 0.3) is 6.08 Å². The molecule has 3 nitrogen and oxygen atoms in total. The Hall–Kier alpha value is -2.68. The van der Waals surface area contributed by atoms with Crippen LogP contribution in [-0.2, 0) is 0 Å². The number of rotatable bonds is 3. The van der Waals surface area contributed by atoms with Crippen molar-refractivity contribution in [1.29, 1.82) is 0 Å². The highest BCUT2D eigenvalue weighted by molar-refractivity contribution is 6.21. The molecular formula is C19H17NO2. The van der Waals surface area contributed by atoms with Gasteiger partial charge in [-0.15, -0.1) is 0 Å². The lowest BCUT2D eigenvalue weighted by atomic mass is 10.0. The van der Waals surface area contributed by atoms with Crippen molar-refractivity contribution in [2.75, 3.05) is 6.54 Å². The van der Waals surface area contributed by atoms with Crippen LogP contribution in [-0.4, -0.2) is 23.3 Å². The number of imide groups is 1. The van der Waals surface area contributed by atoms with Crippen LogP contribution in [0.5, 0.6) is 0 Å². The second kappa shape index (κ2) is 5.60. The third kappa shape index (κ3) is 2.35. The molecule has 0 fully saturated rings. The van der Waals surface area contributed by atoms with Crippen molar-refractivity contribution in [3.63, 3.8) is 0 Å². The molecule has 2 aromatic carbocycles. The number of fused-ring (bicyclic) bond motifs is 1. The minimum absolute atomic E-state index is 0.216. The normalized spacial score (nSPS) is 14.0. The van der Waals surface area contributed by atoms with Gasteiger partial charge < -0.3 is 0 Å². The van der Waals surface area contributed by atoms with Crippen molar-refractivity contribution in [2.45, 2.75) is 13.8 Å². The predicted octanol–water partition coefficient (Wildman–Crippen LogP) is 3.61. The molecule has 2 amide bonds. The topological polar surface area (TPSA) is 37.4 Å². The Balaban J connectivity index is 1.80. The fourth-order valence-corrected chi connectivity index (χ4v) is 2.77. The molecule has 0 spiro atoms. The van der Waals surface area contributed by atoms with Crippen molar-refractivity contribution in [1.82, 2.24) is 4.90 Å². The highest BCUT2D eigenvalue weighted by atomic mass is 16.2. The van der Waals surface area contributed by atoms with E-state index in [4.69, 9.17) is 0 Å². The number of nitrogens with zero attached hydrogens (tertiary/aromatic N) is 1. The van der Waals surface area contributed by atoms with Crippen LogP contribution >= 0.6 is 0 Å². The molecule has 1 heterocycles. The van der Waals surface area contributed by atoms with E-state index in [-0.39, 0.29) is 11.8 Å². The largest absolute Gasteiger partial charge is 0.270 e. The van der Waals surface area contributed by atoms with E-state index in [1.165, 1.54) is 16.0 Å². The van der Waals surface area contributed by atoms with Crippen molar-refractivity contribution in [3.05, 3.63) is 76.4 Å². The van der Waals surface area contributed by atoms with Crippen molar-refractivity contribution in [2.24, 2.45) is 0 Å². The van der Waals surface area contributed by atoms with Gasteiger partial charge in [0.1, 0.15) is 0 Å². The summed E-state index contributed by atoms with van der Waals surface area (Å²) in [5, 5.41) is 0. The quantitative estimate of drug-likeness (QED) is 0.810. The summed E-state index contributed by atoms with van der Waals surface area (Å²) in [6, 6.07) is 13.1. The summed E-state index contributed by atoms with van der Waals surface area (Å²) in [5.74, 6) is -0.432. The van der Waals surface area contributed by atoms with Crippen LogP contribution in [0.15, 0.2) is 48.5 Å². The maximum absolute atomic E-state index is 12.3. The van der Waals surface area contributed by atoms with E-state index in [9.17, 15) is 9.59 Å². The molecule has 22 heavy (non-hydrogen) atoms. The van der Waals surface area contributed by atoms with Gasteiger partial charge in [0, 0.05) is 6.54 Å². The van der Waals surface area contributed by atoms with Gasteiger partial charge in [-0.25, -0.2) is 0 Å². The maximum atomic E-state index is 12.3. The van der Waals surface area contributed by atoms with E-state index in [0.29, 0.717) is 17.7 Å². The van der Waals surface area contributed by atoms with E-state index < -0.39 is 0 Å². The Morgan fingerprint density at radius 1 is 0.864 bits per heavy atom. The average molecular weight is 291 g/mol. The van der Waals surface area contributed by atoms with E-state index >= 15 is 0 Å². The number of carbonyl (C=O) groups is 2. The molecule has 0 saturated carbocycles. The van der Waals surface area contributed by atoms with E-state index in [1.54, 1.807) is 24.3 Å². The fraction of sp³-hybridized carbons (Fsp3) is 0.158. The zero-order chi connectivity index (χ0) is 15.7. The van der Waals surface area contributed by atoms with Gasteiger partial charge in [0.15, 0.2) is 0 Å². The first-order valence-electron chi connectivity index (χ1n) is 7.27. The monoisotopic (exact) mass is 291 g/mol. The van der Waals surface area contributed by atoms with E-state index in [0.717, 1.165) is 5.56 Å². The lowest BCUT2D eigenvalue weighted by Crippen LogP contribution is -2.29. The lowest BCUT2D eigenvalue weighted by Gasteiger charge is -2.11. The summed E-state index contributed by atoms with van der Waals surface area (Å²) in [6.45, 7) is 4.39. The first kappa shape index (κ1) is 14.3. The Labute approximate surface area is 129 Å². The van der Waals surface area contributed by atoms with Gasteiger partial charge in [0.05, 0.1) is 11.1 Å². The Morgan fingerprint density at radius 3 is 1.95 bits per heavy atom. The third-order valence-electron chi connectivity index (χ3n) is 3.99. The van der Waals surface area contributed by atoms with E-state index in [2.05, 4.69) is 26.0 Å². The van der Waals surface area contributed by atoms with Gasteiger partial charge in [-0.3, -0.25) is 14.5 Å². The number of hydrogen-bond donors (Lipinski definition) is 0. The van der Waals surface area contributed by atoms with Gasteiger partial charge in [0.25, 0.3) is 11.8 Å². The molecule has 0 bridgehead atoms. The van der Waals surface area contributed by atoms with Crippen molar-refractivity contribution < 1.29 is 9.59 Å². The average Bonchev–Trinajstić information content (AvgIpc) is 2.75. The molecule has 3 heteroatoms. The number of hydrogen-bond acceptors (Lipinski definition) is 2. The van der Waals surface area contributed by atoms with E-state index in [1.807, 2.05) is 18.2 Å². The number of benzene rings is 2. The van der Waals surface area contributed by atoms with Gasteiger partial charge in [0.2, 0.25) is 0 Å². The minimum atomic E-state index is -0.216. The van der Waals surface area contributed by atoms with Crippen LogP contribution in [0.4, 0.5) is 0 Å². The lowest BCUT2D eigenvalue weighted by molar-refractivity contribution is 0.0672. The summed E-state index contributed by atoms with van der Waals surface area (Å²) in [5.41, 5.74) is 4.48. The molecule has 3 rings (SSSR count). The Bertz CT molecular complexity index is 735. The molecule has 0 N–H and O–H groups in total. The maximum Gasteiger partial charge on any atom is 0.261 e. The van der Waals surface area contributed by atoms with Crippen LogP contribution in [0.1, 0.15) is 37.4 Å². The molecular weight excluding hydrogens is 274 g/mol. The summed E-state index contributed by atoms with van der Waals surface area (Å²) >= 11 is 0. The molecule has 2 aromatic rings. The van der Waals surface area contributed by atoms with Gasteiger partial charge in [-0.2, -0.15) is 0 Å². The van der Waals surface area contributed by atoms with Crippen LogP contribution in [0.3, 0.4) is 0 Å². The number of carbonyl (C=O) groups excluding carboxylic acids is 2. The molecule has 0 atom stereocenters. The minimum Gasteiger partial charge on any atom is -0.270 e. The smallest absolute Gasteiger partial charge is 0.261 e.